The van der Waals surface area contributed by atoms with Crippen LogP contribution in [0.2, 0.25) is 0 Å². The summed E-state index contributed by atoms with van der Waals surface area (Å²) in [4.78, 5) is 26.3. The molecule has 24 heavy (non-hydrogen) atoms. The zero-order chi connectivity index (χ0) is 17.7. The molecule has 1 amide bonds. The summed E-state index contributed by atoms with van der Waals surface area (Å²) in [6, 6.07) is 4.23. The van der Waals surface area contributed by atoms with Crippen LogP contribution in [-0.4, -0.2) is 42.5 Å². The van der Waals surface area contributed by atoms with Gasteiger partial charge in [0, 0.05) is 12.2 Å². The fourth-order valence-corrected chi connectivity index (χ4v) is 2.89. The predicted molar refractivity (Wildman–Crippen MR) is 90.2 cm³/mol. The minimum absolute atomic E-state index is 0.189. The molecule has 132 valence electrons. The summed E-state index contributed by atoms with van der Waals surface area (Å²) in [5, 5.41) is 2.74. The number of rotatable bonds is 5. The number of nitrogens with zero attached hydrogens (tertiary/aromatic N) is 1. The molecule has 0 spiro atoms. The van der Waals surface area contributed by atoms with Crippen molar-refractivity contribution in [2.75, 3.05) is 25.0 Å². The Kier molecular flexibility index (Phi) is 6.31. The molecule has 0 aromatic heterocycles. The first-order chi connectivity index (χ1) is 11.4. The lowest BCUT2D eigenvalue weighted by molar-refractivity contribution is -0.150. The van der Waals surface area contributed by atoms with Gasteiger partial charge in [-0.25, -0.2) is 4.39 Å². The number of carbonyl (C=O) groups is 2. The van der Waals surface area contributed by atoms with E-state index in [9.17, 15) is 14.0 Å². The predicted octanol–water partition coefficient (Wildman–Crippen LogP) is 2.74. The average molecular weight is 336 g/mol. The van der Waals surface area contributed by atoms with Gasteiger partial charge in [0.15, 0.2) is 0 Å². The molecule has 2 rings (SSSR count). The molecular formula is C18H25FN2O3. The molecule has 0 aliphatic carbocycles. The van der Waals surface area contributed by atoms with Crippen LogP contribution in [0.1, 0.15) is 32.3 Å². The van der Waals surface area contributed by atoms with E-state index in [1.165, 1.54) is 6.07 Å². The first-order valence-corrected chi connectivity index (χ1v) is 8.40. The number of hydrogen-bond acceptors (Lipinski definition) is 4. The number of ether oxygens (including phenoxy) is 1. The van der Waals surface area contributed by atoms with Gasteiger partial charge in [0.05, 0.1) is 18.6 Å². The monoisotopic (exact) mass is 336 g/mol. The van der Waals surface area contributed by atoms with Gasteiger partial charge in [-0.05, 0) is 57.9 Å². The normalized spacial score (nSPS) is 19.6. The second-order valence-electron chi connectivity index (χ2n) is 6.22. The molecule has 1 aliphatic heterocycles. The van der Waals surface area contributed by atoms with Gasteiger partial charge in [0.25, 0.3) is 0 Å². The van der Waals surface area contributed by atoms with Gasteiger partial charge in [0.2, 0.25) is 5.91 Å². The Morgan fingerprint density at radius 3 is 2.88 bits per heavy atom. The second-order valence-corrected chi connectivity index (χ2v) is 6.22. The van der Waals surface area contributed by atoms with Crippen molar-refractivity contribution < 1.29 is 18.7 Å². The van der Waals surface area contributed by atoms with Gasteiger partial charge < -0.3 is 10.1 Å². The van der Waals surface area contributed by atoms with Crippen LogP contribution in [0.5, 0.6) is 0 Å². The number of aryl methyl sites for hydroxylation is 1. The highest BCUT2D eigenvalue weighted by Gasteiger charge is 2.31. The van der Waals surface area contributed by atoms with Crippen LogP contribution in [0.3, 0.4) is 0 Å². The number of esters is 1. The van der Waals surface area contributed by atoms with Gasteiger partial charge in [0.1, 0.15) is 5.82 Å². The summed E-state index contributed by atoms with van der Waals surface area (Å²) in [5.74, 6) is -0.940. The first-order valence-electron chi connectivity index (χ1n) is 8.40. The minimum atomic E-state index is -0.397. The number of benzene rings is 1. The Hall–Kier alpha value is -1.95. The molecule has 1 aromatic rings. The zero-order valence-corrected chi connectivity index (χ0v) is 14.5. The van der Waals surface area contributed by atoms with Crippen LogP contribution in [-0.2, 0) is 14.3 Å². The second kappa shape index (κ2) is 8.24. The first kappa shape index (κ1) is 18.4. The fraction of sp³-hybridized carbons (Fsp3) is 0.556. The lowest BCUT2D eigenvalue weighted by Crippen LogP contribution is -2.48. The van der Waals surface area contributed by atoms with Gasteiger partial charge >= 0.3 is 5.97 Å². The molecular weight excluding hydrogens is 311 g/mol. The zero-order valence-electron chi connectivity index (χ0n) is 14.5. The third-order valence-electron chi connectivity index (χ3n) is 4.44. The summed E-state index contributed by atoms with van der Waals surface area (Å²) < 4.78 is 18.7. The highest BCUT2D eigenvalue weighted by atomic mass is 19.1. The molecule has 0 radical (unpaired) electrons. The average Bonchev–Trinajstić information content (AvgIpc) is 2.57. The Labute approximate surface area is 142 Å². The van der Waals surface area contributed by atoms with Crippen molar-refractivity contribution >= 4 is 17.6 Å². The Bertz CT molecular complexity index is 606. The maximum atomic E-state index is 13.6. The van der Waals surface area contributed by atoms with Crippen LogP contribution in [0.15, 0.2) is 18.2 Å². The molecule has 0 unspecified atom stereocenters. The van der Waals surface area contributed by atoms with Crippen molar-refractivity contribution in [3.8, 4) is 0 Å². The largest absolute Gasteiger partial charge is 0.466 e. The number of carbonyl (C=O) groups excluding carboxylic acids is 2. The third kappa shape index (κ3) is 4.54. The van der Waals surface area contributed by atoms with Gasteiger partial charge in [-0.1, -0.05) is 6.07 Å². The van der Waals surface area contributed by atoms with Crippen LogP contribution in [0.25, 0.3) is 0 Å². The topological polar surface area (TPSA) is 58.6 Å². The van der Waals surface area contributed by atoms with Crippen LogP contribution in [0.4, 0.5) is 10.1 Å². The molecule has 6 heteroatoms. The highest BCUT2D eigenvalue weighted by Crippen LogP contribution is 2.21. The van der Waals surface area contributed by atoms with E-state index >= 15 is 0 Å². The van der Waals surface area contributed by atoms with E-state index < -0.39 is 6.04 Å². The van der Waals surface area contributed by atoms with E-state index in [0.29, 0.717) is 24.4 Å². The third-order valence-corrected chi connectivity index (χ3v) is 4.44. The quantitative estimate of drug-likeness (QED) is 0.840. The van der Waals surface area contributed by atoms with Gasteiger partial charge in [-0.3, -0.25) is 14.5 Å². The number of nitrogens with one attached hydrogen (secondary N) is 1. The summed E-state index contributed by atoms with van der Waals surface area (Å²) in [7, 11) is 0. The van der Waals surface area contributed by atoms with Crippen molar-refractivity contribution in [2.24, 2.45) is 5.92 Å². The lowest BCUT2D eigenvalue weighted by atomic mass is 9.97. The number of amides is 1. The maximum Gasteiger partial charge on any atom is 0.310 e. The Morgan fingerprint density at radius 1 is 1.46 bits per heavy atom. The lowest BCUT2D eigenvalue weighted by Gasteiger charge is -2.35. The number of piperidine rings is 1. The Balaban J connectivity index is 1.96. The highest BCUT2D eigenvalue weighted by molar-refractivity contribution is 5.94. The van der Waals surface area contributed by atoms with Crippen LogP contribution < -0.4 is 5.32 Å². The van der Waals surface area contributed by atoms with E-state index in [0.717, 1.165) is 19.4 Å². The Morgan fingerprint density at radius 2 is 2.21 bits per heavy atom. The van der Waals surface area contributed by atoms with E-state index in [-0.39, 0.29) is 23.6 Å². The number of hydrogen-bond donors (Lipinski definition) is 1. The van der Waals surface area contributed by atoms with E-state index in [1.807, 2.05) is 4.90 Å². The maximum absolute atomic E-state index is 13.6. The van der Waals surface area contributed by atoms with Crippen molar-refractivity contribution in [3.05, 3.63) is 29.6 Å². The molecule has 5 nitrogen and oxygen atoms in total. The minimum Gasteiger partial charge on any atom is -0.466 e. The summed E-state index contributed by atoms with van der Waals surface area (Å²) in [5.41, 5.74) is 0.975. The van der Waals surface area contributed by atoms with E-state index in [2.05, 4.69) is 5.32 Å². The van der Waals surface area contributed by atoms with Crippen molar-refractivity contribution in [1.29, 1.82) is 0 Å². The summed E-state index contributed by atoms with van der Waals surface area (Å²) >= 11 is 0. The number of likely N-dealkylation sites (tertiary alicyclic amines) is 1. The van der Waals surface area contributed by atoms with Crippen molar-refractivity contribution in [3.63, 3.8) is 0 Å². The molecule has 1 aliphatic rings. The molecule has 1 heterocycles. The summed E-state index contributed by atoms with van der Waals surface area (Å²) in [6.45, 7) is 6.89. The molecule has 1 saturated heterocycles. The smallest absolute Gasteiger partial charge is 0.310 e. The molecule has 1 fully saturated rings. The fourth-order valence-electron chi connectivity index (χ4n) is 2.89. The number of halogens is 1. The van der Waals surface area contributed by atoms with Crippen LogP contribution >= 0.6 is 0 Å². The molecule has 0 saturated carbocycles. The van der Waals surface area contributed by atoms with Crippen LogP contribution in [0, 0.1) is 18.7 Å². The van der Waals surface area contributed by atoms with E-state index in [4.69, 9.17) is 4.74 Å². The van der Waals surface area contributed by atoms with Gasteiger partial charge in [-0.15, -0.1) is 0 Å². The summed E-state index contributed by atoms with van der Waals surface area (Å²) in [6.07, 6.45) is 1.63. The molecule has 0 bridgehead atoms. The SMILES string of the molecule is CCOC(=O)[C@H]1CCCN([C@H](C)C(=O)Nc2ccc(C)c(F)c2)C1. The number of anilines is 1. The van der Waals surface area contributed by atoms with Gasteiger partial charge in [-0.2, -0.15) is 0 Å². The van der Waals surface area contributed by atoms with Crippen molar-refractivity contribution in [2.45, 2.75) is 39.7 Å². The molecule has 2 atom stereocenters. The molecule has 1 aromatic carbocycles. The standard InChI is InChI=1S/C18H25FN2O3/c1-4-24-18(23)14-6-5-9-21(11-14)13(3)17(22)20-15-8-7-12(2)16(19)10-15/h7-8,10,13-14H,4-6,9,11H2,1-3H3,(H,20,22)/t13-,14+/m1/s1. The van der Waals surface area contributed by atoms with E-state index in [1.54, 1.807) is 32.9 Å². The van der Waals surface area contributed by atoms with Crippen molar-refractivity contribution in [1.82, 2.24) is 4.90 Å². The molecule has 1 N–H and O–H groups in total.